The fourth-order valence-corrected chi connectivity index (χ4v) is 8.06. The molecule has 1 aromatic rings. The van der Waals surface area contributed by atoms with E-state index in [1.165, 1.54) is 4.31 Å². The van der Waals surface area contributed by atoms with E-state index in [0.29, 0.717) is 76.5 Å². The molecule has 4 aliphatic rings. The maximum Gasteiger partial charge on any atom is 0.257 e. The Morgan fingerprint density at radius 1 is 0.861 bits per heavy atom. The molecule has 1 aromatic heterocycles. The number of piperidine rings is 3. The lowest BCUT2D eigenvalue weighted by atomic mass is 9.94. The number of aromatic amines is 1. The van der Waals surface area contributed by atoms with E-state index in [4.69, 9.17) is 9.47 Å². The molecule has 10 nitrogen and oxygen atoms in total. The third kappa shape index (κ3) is 4.70. The predicted octanol–water partition coefficient (Wildman–Crippen LogP) is 2.02. The van der Waals surface area contributed by atoms with Crippen molar-refractivity contribution in [1.29, 1.82) is 0 Å². The SMILES string of the molecule is Cc1[nH]c(C)c(S(=O)(=O)N2CCC(C(=O)N3CCC4(CC3)OCCO4)CC2)c1C(=O)N1CCCCC1. The van der Waals surface area contributed by atoms with Crippen LogP contribution in [-0.4, -0.2) is 97.6 Å². The number of hydrogen-bond donors (Lipinski definition) is 1. The van der Waals surface area contributed by atoms with Crippen LogP contribution in [0.25, 0.3) is 0 Å². The Hall–Kier alpha value is -1.95. The number of nitrogens with one attached hydrogen (secondary N) is 1. The molecule has 4 saturated heterocycles. The number of likely N-dealkylation sites (tertiary alicyclic amines) is 2. The highest BCUT2D eigenvalue weighted by Crippen LogP contribution is 2.34. The normalized spacial score (nSPS) is 23.9. The zero-order valence-electron chi connectivity index (χ0n) is 21.4. The molecule has 1 spiro atoms. The number of H-pyrrole nitrogens is 1. The largest absolute Gasteiger partial charge is 0.361 e. The second kappa shape index (κ2) is 10.1. The van der Waals surface area contributed by atoms with Gasteiger partial charge in [-0.25, -0.2) is 8.42 Å². The highest BCUT2D eigenvalue weighted by molar-refractivity contribution is 7.89. The Bertz CT molecular complexity index is 1090. The minimum atomic E-state index is -3.88. The van der Waals surface area contributed by atoms with E-state index in [2.05, 4.69) is 4.98 Å². The van der Waals surface area contributed by atoms with Crippen molar-refractivity contribution in [3.05, 3.63) is 17.0 Å². The van der Waals surface area contributed by atoms with E-state index >= 15 is 0 Å². The Kier molecular flexibility index (Phi) is 7.19. The van der Waals surface area contributed by atoms with Crippen LogP contribution in [0.1, 0.15) is 66.7 Å². The predicted molar refractivity (Wildman–Crippen MR) is 132 cm³/mol. The standard InChI is InChI=1S/C25H38N4O6S/c1-18-21(24(31)27-10-4-3-5-11-27)22(19(2)26-18)36(32,33)29-12-6-20(7-13-29)23(30)28-14-8-25(9-15-28)34-16-17-35-25/h20,26H,3-17H2,1-2H3. The number of amides is 2. The number of sulfonamides is 1. The van der Waals surface area contributed by atoms with Crippen molar-refractivity contribution in [2.75, 3.05) is 52.5 Å². The van der Waals surface area contributed by atoms with Gasteiger partial charge in [0.2, 0.25) is 15.9 Å². The maximum atomic E-state index is 13.8. The summed E-state index contributed by atoms with van der Waals surface area (Å²) in [7, 11) is -3.88. The van der Waals surface area contributed by atoms with Gasteiger partial charge in [0.25, 0.3) is 5.91 Å². The topological polar surface area (TPSA) is 112 Å². The molecular formula is C25H38N4O6S. The van der Waals surface area contributed by atoms with Gasteiger partial charge >= 0.3 is 0 Å². The molecule has 2 amide bonds. The maximum absolute atomic E-state index is 13.8. The molecule has 0 aliphatic carbocycles. The summed E-state index contributed by atoms with van der Waals surface area (Å²) in [5.74, 6) is -0.836. The zero-order chi connectivity index (χ0) is 25.5. The van der Waals surface area contributed by atoms with Crippen molar-refractivity contribution in [3.63, 3.8) is 0 Å². The van der Waals surface area contributed by atoms with Crippen molar-refractivity contribution in [2.24, 2.45) is 5.92 Å². The number of aryl methyl sites for hydroxylation is 2. The molecule has 0 bridgehead atoms. The average molecular weight is 523 g/mol. The minimum Gasteiger partial charge on any atom is -0.361 e. The van der Waals surface area contributed by atoms with E-state index in [9.17, 15) is 18.0 Å². The van der Waals surface area contributed by atoms with Crippen LogP contribution in [0.4, 0.5) is 0 Å². The van der Waals surface area contributed by atoms with Gasteiger partial charge in [-0.05, 0) is 46.0 Å². The van der Waals surface area contributed by atoms with Crippen molar-refractivity contribution < 1.29 is 27.5 Å². The molecule has 200 valence electrons. The summed E-state index contributed by atoms with van der Waals surface area (Å²) < 4.78 is 40.5. The van der Waals surface area contributed by atoms with Crippen LogP contribution >= 0.6 is 0 Å². The molecule has 5 heterocycles. The third-order valence-corrected chi connectivity index (χ3v) is 10.3. The monoisotopic (exact) mass is 522 g/mol. The Morgan fingerprint density at radius 2 is 1.47 bits per heavy atom. The van der Waals surface area contributed by atoms with Crippen molar-refractivity contribution in [2.45, 2.75) is 69.5 Å². The smallest absolute Gasteiger partial charge is 0.257 e. The summed E-state index contributed by atoms with van der Waals surface area (Å²) >= 11 is 0. The number of rotatable bonds is 4. The molecule has 0 saturated carbocycles. The summed E-state index contributed by atoms with van der Waals surface area (Å²) in [4.78, 5) is 33.4. The molecular weight excluding hydrogens is 484 g/mol. The van der Waals surface area contributed by atoms with Gasteiger partial charge in [-0.15, -0.1) is 0 Å². The average Bonchev–Trinajstić information content (AvgIpc) is 3.47. The Balaban J connectivity index is 1.25. The van der Waals surface area contributed by atoms with Gasteiger partial charge in [0.1, 0.15) is 4.90 Å². The van der Waals surface area contributed by atoms with Crippen LogP contribution in [0.5, 0.6) is 0 Å². The fraction of sp³-hybridized carbons (Fsp3) is 0.760. The van der Waals surface area contributed by atoms with E-state index < -0.39 is 15.8 Å². The number of ether oxygens (including phenoxy) is 2. The highest BCUT2D eigenvalue weighted by atomic mass is 32.2. The lowest BCUT2D eigenvalue weighted by Crippen LogP contribution is -2.50. The number of nitrogens with zero attached hydrogens (tertiary/aromatic N) is 3. The first-order valence-corrected chi connectivity index (χ1v) is 14.7. The first-order valence-electron chi connectivity index (χ1n) is 13.3. The molecule has 1 N–H and O–H groups in total. The second-order valence-corrected chi connectivity index (χ2v) is 12.4. The number of aromatic nitrogens is 1. The van der Waals surface area contributed by atoms with Gasteiger partial charge in [-0.2, -0.15) is 4.31 Å². The number of carbonyl (C=O) groups is 2. The van der Waals surface area contributed by atoms with Crippen molar-refractivity contribution >= 4 is 21.8 Å². The van der Waals surface area contributed by atoms with Gasteiger partial charge in [0.05, 0.1) is 18.8 Å². The van der Waals surface area contributed by atoms with Gasteiger partial charge in [0.15, 0.2) is 5.79 Å². The summed E-state index contributed by atoms with van der Waals surface area (Å²) in [6.45, 7) is 7.73. The van der Waals surface area contributed by atoms with Gasteiger partial charge < -0.3 is 24.3 Å². The first-order chi connectivity index (χ1) is 17.2. The minimum absolute atomic E-state index is 0.0922. The summed E-state index contributed by atoms with van der Waals surface area (Å²) in [6.07, 6.45) is 5.27. The quantitative estimate of drug-likeness (QED) is 0.648. The summed E-state index contributed by atoms with van der Waals surface area (Å²) in [5.41, 5.74) is 1.35. The van der Waals surface area contributed by atoms with Crippen LogP contribution in [0.15, 0.2) is 4.90 Å². The van der Waals surface area contributed by atoms with Crippen LogP contribution < -0.4 is 0 Å². The fourth-order valence-electron chi connectivity index (χ4n) is 6.18. The lowest BCUT2D eigenvalue weighted by Gasteiger charge is -2.40. The second-order valence-electron chi connectivity index (χ2n) is 10.5. The Morgan fingerprint density at radius 3 is 2.08 bits per heavy atom. The molecule has 4 fully saturated rings. The van der Waals surface area contributed by atoms with Crippen molar-refractivity contribution in [1.82, 2.24) is 19.1 Å². The molecule has 4 aliphatic heterocycles. The Labute approximate surface area is 213 Å². The van der Waals surface area contributed by atoms with Gasteiger partial charge in [0, 0.05) is 69.4 Å². The first kappa shape index (κ1) is 25.7. The van der Waals surface area contributed by atoms with Gasteiger partial charge in [-0.3, -0.25) is 9.59 Å². The molecule has 0 atom stereocenters. The third-order valence-electron chi connectivity index (χ3n) is 8.23. The highest BCUT2D eigenvalue weighted by Gasteiger charge is 2.43. The van der Waals surface area contributed by atoms with Crippen molar-refractivity contribution in [3.8, 4) is 0 Å². The van der Waals surface area contributed by atoms with Crippen LogP contribution in [0, 0.1) is 19.8 Å². The van der Waals surface area contributed by atoms with E-state index in [1.54, 1.807) is 18.7 Å². The summed E-state index contributed by atoms with van der Waals surface area (Å²) in [5, 5.41) is 0. The molecule has 5 rings (SSSR count). The van der Waals surface area contributed by atoms with E-state index in [-0.39, 0.29) is 41.3 Å². The zero-order valence-corrected chi connectivity index (χ0v) is 22.2. The molecule has 36 heavy (non-hydrogen) atoms. The summed E-state index contributed by atoms with van der Waals surface area (Å²) in [6, 6.07) is 0. The lowest BCUT2D eigenvalue weighted by molar-refractivity contribution is -0.188. The van der Waals surface area contributed by atoms with E-state index in [0.717, 1.165) is 19.3 Å². The van der Waals surface area contributed by atoms with Crippen LogP contribution in [0.2, 0.25) is 0 Å². The van der Waals surface area contributed by atoms with Crippen LogP contribution in [0.3, 0.4) is 0 Å². The van der Waals surface area contributed by atoms with Gasteiger partial charge in [-0.1, -0.05) is 0 Å². The molecule has 11 heteroatoms. The molecule has 0 unspecified atom stereocenters. The number of carbonyl (C=O) groups excluding carboxylic acids is 2. The number of hydrogen-bond acceptors (Lipinski definition) is 6. The van der Waals surface area contributed by atoms with E-state index in [1.807, 2.05) is 4.90 Å². The molecule has 0 aromatic carbocycles. The molecule has 0 radical (unpaired) electrons. The van der Waals surface area contributed by atoms with Crippen LogP contribution in [-0.2, 0) is 24.3 Å².